The van der Waals surface area contributed by atoms with Gasteiger partial charge in [0.2, 0.25) is 0 Å². The van der Waals surface area contributed by atoms with Crippen LogP contribution in [0.3, 0.4) is 0 Å². The van der Waals surface area contributed by atoms with Crippen LogP contribution in [0.5, 0.6) is 0 Å². The van der Waals surface area contributed by atoms with E-state index in [4.69, 9.17) is 13.9 Å². The van der Waals surface area contributed by atoms with Crippen molar-refractivity contribution in [1.82, 2.24) is 4.98 Å². The number of rotatable bonds is 2. The number of aromatic nitrogens is 1. The highest BCUT2D eigenvalue weighted by Gasteiger charge is 2.74. The highest BCUT2D eigenvalue weighted by Crippen LogP contribution is 2.61. The van der Waals surface area contributed by atoms with Gasteiger partial charge in [0, 0.05) is 19.3 Å². The number of aryl methyl sites for hydroxylation is 1. The van der Waals surface area contributed by atoms with Gasteiger partial charge in [0.15, 0.2) is 11.5 Å². The lowest BCUT2D eigenvalue weighted by Crippen LogP contribution is -2.46. The van der Waals surface area contributed by atoms with E-state index in [1.54, 1.807) is 33.8 Å². The van der Waals surface area contributed by atoms with Crippen LogP contribution in [-0.2, 0) is 19.1 Å². The van der Waals surface area contributed by atoms with Crippen LogP contribution in [0.15, 0.2) is 16.3 Å². The van der Waals surface area contributed by atoms with E-state index in [9.17, 15) is 33.0 Å². The van der Waals surface area contributed by atoms with Gasteiger partial charge in [-0.1, -0.05) is 27.7 Å². The maximum absolute atomic E-state index is 14.3. The smallest absolute Gasteiger partial charge is 0.420 e. The number of carbonyl (C=O) groups is 2. The van der Waals surface area contributed by atoms with Gasteiger partial charge >= 0.3 is 12.1 Å². The average molecular weight is 558 g/mol. The Morgan fingerprint density at radius 1 is 1.18 bits per heavy atom. The Balaban J connectivity index is 1.67. The molecule has 2 aliphatic heterocycles. The standard InChI is InChI=1S/C28H38F3NO7/c1-13(7-18-12-37-16(4)32-18)20-9-22-27(39-22,28(29,30)31)11-17-8-19(17)14(2)24(35)15(3)25(36)26(5,6)21(33)10-23(34)38-20/h7,12,14-15,17,19-22,24,33,35H,8-11H2,1-6H3/b13-7+/t14-,15+,17?,19?,20-,21-,22?,24-,27?/m0/s1. The zero-order valence-corrected chi connectivity index (χ0v) is 23.1. The molecule has 11 heteroatoms. The van der Waals surface area contributed by atoms with Crippen LogP contribution in [-0.4, -0.2) is 63.1 Å². The third kappa shape index (κ3) is 5.81. The van der Waals surface area contributed by atoms with Crippen LogP contribution in [0.4, 0.5) is 13.2 Å². The number of ketones is 1. The number of aliphatic hydroxyl groups is 2. The van der Waals surface area contributed by atoms with E-state index < -0.39 is 71.6 Å². The Morgan fingerprint density at radius 2 is 1.85 bits per heavy atom. The van der Waals surface area contributed by atoms with Crippen molar-refractivity contribution in [3.63, 3.8) is 0 Å². The number of carbonyl (C=O) groups excluding carboxylic acids is 2. The topological polar surface area (TPSA) is 122 Å². The predicted molar refractivity (Wildman–Crippen MR) is 133 cm³/mol. The van der Waals surface area contributed by atoms with Crippen molar-refractivity contribution in [2.75, 3.05) is 0 Å². The maximum atomic E-state index is 14.3. The average Bonchev–Trinajstić information content (AvgIpc) is 3.72. The third-order valence-electron chi connectivity index (χ3n) is 9.03. The van der Waals surface area contributed by atoms with Gasteiger partial charge in [0.05, 0.1) is 24.0 Å². The first-order valence-electron chi connectivity index (χ1n) is 13.4. The van der Waals surface area contributed by atoms with Crippen molar-refractivity contribution < 1.29 is 46.9 Å². The molecule has 8 nitrogen and oxygen atoms in total. The van der Waals surface area contributed by atoms with Crippen molar-refractivity contribution in [3.05, 3.63) is 23.4 Å². The summed E-state index contributed by atoms with van der Waals surface area (Å²) < 4.78 is 59.2. The zero-order valence-electron chi connectivity index (χ0n) is 23.1. The van der Waals surface area contributed by atoms with Crippen molar-refractivity contribution >= 4 is 17.8 Å². The molecule has 1 aromatic rings. The highest BCUT2D eigenvalue weighted by atomic mass is 19.4. The molecule has 0 amide bonds. The molecular weight excluding hydrogens is 519 g/mol. The molecule has 9 atom stereocenters. The van der Waals surface area contributed by atoms with Gasteiger partial charge in [0.1, 0.15) is 29.9 Å². The molecule has 4 unspecified atom stereocenters. The first-order chi connectivity index (χ1) is 18.0. The number of oxazole rings is 1. The van der Waals surface area contributed by atoms with E-state index in [1.165, 1.54) is 20.1 Å². The molecule has 0 bridgehead atoms. The molecule has 3 aliphatic rings. The quantitative estimate of drug-likeness (QED) is 0.405. The van der Waals surface area contributed by atoms with Gasteiger partial charge in [-0.2, -0.15) is 13.2 Å². The van der Waals surface area contributed by atoms with Gasteiger partial charge in [-0.15, -0.1) is 0 Å². The molecule has 2 saturated heterocycles. The largest absolute Gasteiger partial charge is 0.458 e. The van der Waals surface area contributed by atoms with Gasteiger partial charge in [-0.3, -0.25) is 9.59 Å². The number of esters is 1. The number of hydrogen-bond donors (Lipinski definition) is 2. The van der Waals surface area contributed by atoms with E-state index in [-0.39, 0.29) is 24.7 Å². The summed E-state index contributed by atoms with van der Waals surface area (Å²) in [4.78, 5) is 30.4. The number of epoxide rings is 1. The normalized spacial score (nSPS) is 39.9. The van der Waals surface area contributed by atoms with Gasteiger partial charge in [-0.25, -0.2) is 4.98 Å². The molecule has 0 spiro atoms. The van der Waals surface area contributed by atoms with Crippen LogP contribution in [0.2, 0.25) is 0 Å². The van der Waals surface area contributed by atoms with Crippen molar-refractivity contribution in [1.29, 1.82) is 0 Å². The molecule has 3 heterocycles. The molecule has 4 rings (SSSR count). The Morgan fingerprint density at radius 3 is 2.44 bits per heavy atom. The van der Waals surface area contributed by atoms with Crippen LogP contribution in [0.25, 0.3) is 6.08 Å². The van der Waals surface area contributed by atoms with E-state index in [0.717, 1.165) is 0 Å². The number of ether oxygens (including phenoxy) is 2. The first kappa shape index (κ1) is 29.7. The maximum Gasteiger partial charge on any atom is 0.420 e. The van der Waals surface area contributed by atoms with Crippen LogP contribution in [0, 0.1) is 36.0 Å². The molecule has 0 radical (unpaired) electrons. The second kappa shape index (κ2) is 10.3. The Bertz CT molecular complexity index is 1130. The Kier molecular flexibility index (Phi) is 7.86. The van der Waals surface area contributed by atoms with Crippen molar-refractivity contribution in [3.8, 4) is 0 Å². The van der Waals surface area contributed by atoms with E-state index in [1.807, 2.05) is 0 Å². The van der Waals surface area contributed by atoms with E-state index >= 15 is 0 Å². The molecule has 2 N–H and O–H groups in total. The fourth-order valence-electron chi connectivity index (χ4n) is 6.07. The van der Waals surface area contributed by atoms with Crippen LogP contribution >= 0.6 is 0 Å². The van der Waals surface area contributed by atoms with E-state index in [0.29, 0.717) is 23.6 Å². The highest BCUT2D eigenvalue weighted by molar-refractivity contribution is 5.88. The summed E-state index contributed by atoms with van der Waals surface area (Å²) >= 11 is 0. The zero-order chi connectivity index (χ0) is 29.1. The Hall–Kier alpha value is -2.24. The number of nitrogens with zero attached hydrogens (tertiary/aromatic N) is 1. The van der Waals surface area contributed by atoms with Gasteiger partial charge < -0.3 is 24.1 Å². The second-order valence-electron chi connectivity index (χ2n) is 12.2. The minimum atomic E-state index is -4.64. The van der Waals surface area contributed by atoms with Crippen LogP contribution < -0.4 is 0 Å². The summed E-state index contributed by atoms with van der Waals surface area (Å²) in [7, 11) is 0. The summed E-state index contributed by atoms with van der Waals surface area (Å²) in [5.41, 5.74) is -2.89. The lowest BCUT2D eigenvalue weighted by atomic mass is 9.72. The molecule has 1 aromatic heterocycles. The molecule has 39 heavy (non-hydrogen) atoms. The number of halogens is 3. The molecular formula is C28H38F3NO7. The molecule has 1 aliphatic carbocycles. The van der Waals surface area contributed by atoms with Crippen molar-refractivity contribution in [2.45, 2.75) is 103 Å². The fraction of sp³-hybridized carbons (Fsp3) is 0.750. The van der Waals surface area contributed by atoms with Crippen molar-refractivity contribution in [2.24, 2.45) is 29.1 Å². The molecule has 0 aromatic carbocycles. The number of fused-ring (bicyclic) bond motifs is 2. The number of hydrogen-bond acceptors (Lipinski definition) is 8. The minimum absolute atomic E-state index is 0.189. The second-order valence-corrected chi connectivity index (χ2v) is 12.2. The minimum Gasteiger partial charge on any atom is -0.458 e. The summed E-state index contributed by atoms with van der Waals surface area (Å²) in [6.45, 7) is 9.56. The SMILES string of the molecule is C/C(=C\c1coc(C)n1)[C@@H]1CC2OC2(C(F)(F)F)CC2CC2[C@H](C)[C@H](O)[C@@H](C)C(=O)C(C)(C)[C@@H](O)CC(=O)O1. The number of cyclic esters (lactones) is 1. The summed E-state index contributed by atoms with van der Waals surface area (Å²) in [6.07, 6.45) is -7.11. The first-order valence-corrected chi connectivity index (χ1v) is 13.4. The summed E-state index contributed by atoms with van der Waals surface area (Å²) in [5, 5.41) is 21.8. The summed E-state index contributed by atoms with van der Waals surface area (Å²) in [5.74, 6) is -2.74. The lowest BCUT2D eigenvalue weighted by molar-refractivity contribution is -0.187. The summed E-state index contributed by atoms with van der Waals surface area (Å²) in [6, 6.07) is 0. The molecule has 218 valence electrons. The van der Waals surface area contributed by atoms with E-state index in [2.05, 4.69) is 4.98 Å². The van der Waals surface area contributed by atoms with Crippen LogP contribution in [0.1, 0.15) is 71.9 Å². The third-order valence-corrected chi connectivity index (χ3v) is 9.03. The monoisotopic (exact) mass is 557 g/mol. The number of aliphatic hydroxyl groups excluding tert-OH is 2. The fourth-order valence-corrected chi connectivity index (χ4v) is 6.07. The Labute approximate surface area is 225 Å². The molecule has 1 saturated carbocycles. The molecule has 3 fully saturated rings. The van der Waals surface area contributed by atoms with Gasteiger partial charge in [-0.05, 0) is 49.2 Å². The number of alkyl halides is 3. The van der Waals surface area contributed by atoms with Gasteiger partial charge in [0.25, 0.3) is 0 Å². The lowest BCUT2D eigenvalue weighted by Gasteiger charge is -2.34. The number of Topliss-reactive ketones (excluding diaryl/α,β-unsaturated/α-hetero) is 1. The predicted octanol–water partition coefficient (Wildman–Crippen LogP) is 4.41.